The summed E-state index contributed by atoms with van der Waals surface area (Å²) in [4.78, 5) is 0. The molecule has 0 aliphatic carbocycles. The molecule has 0 unspecified atom stereocenters. The minimum Gasteiger partial charge on any atom is -0.426 e. The van der Waals surface area contributed by atoms with E-state index < -0.39 is 17.8 Å². The average molecular weight is 204 g/mol. The van der Waals surface area contributed by atoms with Gasteiger partial charge >= 0.3 is 6.18 Å². The van der Waals surface area contributed by atoms with Gasteiger partial charge in [-0.2, -0.15) is 13.2 Å². The first-order chi connectivity index (χ1) is 6.39. The number of halogens is 3. The molecular weight excluding hydrogens is 197 g/mol. The van der Waals surface area contributed by atoms with Crippen LogP contribution in [0.3, 0.4) is 0 Å². The zero-order chi connectivity index (χ0) is 10.8. The third kappa shape index (κ3) is 2.65. The second-order valence-corrected chi connectivity index (χ2v) is 2.49. The van der Waals surface area contributed by atoms with E-state index in [1.165, 1.54) is 12.1 Å². The number of rotatable bonds is 1. The highest BCUT2D eigenvalue weighted by Crippen LogP contribution is 2.31. The molecule has 1 rings (SSSR count). The lowest BCUT2D eigenvalue weighted by Crippen LogP contribution is -2.17. The van der Waals surface area contributed by atoms with Gasteiger partial charge in [-0.1, -0.05) is 6.07 Å². The highest BCUT2D eigenvalue weighted by atomic mass is 19.4. The van der Waals surface area contributed by atoms with Crippen molar-refractivity contribution in [3.63, 3.8) is 0 Å². The molecule has 0 saturated heterocycles. The predicted molar refractivity (Wildman–Crippen MR) is 44.0 cm³/mol. The Labute approximate surface area is 77.8 Å². The van der Waals surface area contributed by atoms with Crippen LogP contribution >= 0.6 is 0 Å². The van der Waals surface area contributed by atoms with E-state index in [2.05, 4.69) is 4.74 Å². The van der Waals surface area contributed by atoms with E-state index in [1.54, 1.807) is 0 Å². The minimum atomic E-state index is -4.42. The Bertz CT molecular complexity index is 349. The van der Waals surface area contributed by atoms with Crippen LogP contribution in [-0.2, 0) is 6.18 Å². The number of ether oxygens (including phenoxy) is 1. The van der Waals surface area contributed by atoms with Gasteiger partial charge in [-0.15, -0.1) is 0 Å². The van der Waals surface area contributed by atoms with E-state index in [-0.39, 0.29) is 5.75 Å². The van der Waals surface area contributed by atoms with E-state index in [0.29, 0.717) is 0 Å². The van der Waals surface area contributed by atoms with Gasteiger partial charge < -0.3 is 10.5 Å². The molecular formula is C8H7F3N2O. The van der Waals surface area contributed by atoms with Gasteiger partial charge in [0.1, 0.15) is 5.75 Å². The summed E-state index contributed by atoms with van der Waals surface area (Å²) in [5.74, 6) is -0.104. The molecule has 0 saturated carbocycles. The van der Waals surface area contributed by atoms with Crippen LogP contribution in [0.1, 0.15) is 5.56 Å². The number of benzene rings is 1. The molecule has 6 heteroatoms. The molecule has 0 radical (unpaired) electrons. The van der Waals surface area contributed by atoms with Gasteiger partial charge in [-0.05, 0) is 18.2 Å². The fraction of sp³-hybridized carbons (Fsp3) is 0.125. The Balaban J connectivity index is 2.95. The Kier molecular flexibility index (Phi) is 2.64. The third-order valence-electron chi connectivity index (χ3n) is 1.39. The van der Waals surface area contributed by atoms with Gasteiger partial charge in [0.25, 0.3) is 6.02 Å². The lowest BCUT2D eigenvalue weighted by molar-refractivity contribution is -0.137. The molecule has 0 amide bonds. The average Bonchev–Trinajstić information content (AvgIpc) is 2.01. The lowest BCUT2D eigenvalue weighted by atomic mass is 10.2. The van der Waals surface area contributed by atoms with E-state index in [1.807, 2.05) is 0 Å². The molecule has 0 bridgehead atoms. The lowest BCUT2D eigenvalue weighted by Gasteiger charge is -2.08. The maximum Gasteiger partial charge on any atom is 0.416 e. The van der Waals surface area contributed by atoms with Crippen molar-refractivity contribution >= 4 is 6.02 Å². The summed E-state index contributed by atoms with van der Waals surface area (Å²) in [5, 5.41) is 6.73. The van der Waals surface area contributed by atoms with Crippen LogP contribution in [-0.4, -0.2) is 6.02 Å². The molecule has 1 aromatic rings. The van der Waals surface area contributed by atoms with Crippen LogP contribution in [0.15, 0.2) is 24.3 Å². The summed E-state index contributed by atoms with van der Waals surface area (Å²) in [7, 11) is 0. The van der Waals surface area contributed by atoms with Gasteiger partial charge in [0, 0.05) is 0 Å². The zero-order valence-electron chi connectivity index (χ0n) is 6.93. The first-order valence-corrected chi connectivity index (χ1v) is 3.59. The van der Waals surface area contributed by atoms with Gasteiger partial charge in [0.15, 0.2) is 0 Å². The number of nitrogens with two attached hydrogens (primary N) is 1. The topological polar surface area (TPSA) is 59.1 Å². The molecule has 14 heavy (non-hydrogen) atoms. The summed E-state index contributed by atoms with van der Waals surface area (Å²) in [6.07, 6.45) is -4.42. The number of amidine groups is 1. The fourth-order valence-electron chi connectivity index (χ4n) is 0.863. The molecule has 3 nitrogen and oxygen atoms in total. The van der Waals surface area contributed by atoms with Crippen LogP contribution < -0.4 is 10.5 Å². The van der Waals surface area contributed by atoms with Crippen LogP contribution in [0.4, 0.5) is 13.2 Å². The van der Waals surface area contributed by atoms with Crippen LogP contribution in [0.25, 0.3) is 0 Å². The predicted octanol–water partition coefficient (Wildman–Crippen LogP) is 1.98. The van der Waals surface area contributed by atoms with Crippen LogP contribution in [0.2, 0.25) is 0 Å². The second kappa shape index (κ2) is 3.57. The number of hydrogen-bond donors (Lipinski definition) is 2. The Morgan fingerprint density at radius 1 is 1.36 bits per heavy atom. The van der Waals surface area contributed by atoms with E-state index in [4.69, 9.17) is 11.1 Å². The van der Waals surface area contributed by atoms with Crippen molar-refractivity contribution in [2.24, 2.45) is 5.73 Å². The molecule has 0 fully saturated rings. The van der Waals surface area contributed by atoms with Crippen molar-refractivity contribution in [1.29, 1.82) is 5.41 Å². The smallest absolute Gasteiger partial charge is 0.416 e. The quantitative estimate of drug-likeness (QED) is 0.542. The maximum absolute atomic E-state index is 12.2. The van der Waals surface area contributed by atoms with Crippen LogP contribution in [0.5, 0.6) is 5.75 Å². The van der Waals surface area contributed by atoms with Crippen molar-refractivity contribution in [2.75, 3.05) is 0 Å². The molecule has 0 aromatic heterocycles. The highest BCUT2D eigenvalue weighted by molar-refractivity contribution is 5.70. The highest BCUT2D eigenvalue weighted by Gasteiger charge is 2.30. The van der Waals surface area contributed by atoms with Gasteiger partial charge in [0.2, 0.25) is 0 Å². The fourth-order valence-corrected chi connectivity index (χ4v) is 0.863. The molecule has 0 aliphatic rings. The molecule has 76 valence electrons. The van der Waals surface area contributed by atoms with Crippen molar-refractivity contribution in [3.8, 4) is 5.75 Å². The Hall–Kier alpha value is -1.72. The third-order valence-corrected chi connectivity index (χ3v) is 1.39. The van der Waals surface area contributed by atoms with Crippen molar-refractivity contribution in [3.05, 3.63) is 29.8 Å². The molecule has 0 spiro atoms. The first-order valence-electron chi connectivity index (χ1n) is 3.59. The van der Waals surface area contributed by atoms with Crippen molar-refractivity contribution < 1.29 is 17.9 Å². The Morgan fingerprint density at radius 2 is 2.00 bits per heavy atom. The van der Waals surface area contributed by atoms with E-state index >= 15 is 0 Å². The monoisotopic (exact) mass is 204 g/mol. The first kappa shape index (κ1) is 10.4. The number of alkyl halides is 3. The van der Waals surface area contributed by atoms with E-state index in [0.717, 1.165) is 12.1 Å². The van der Waals surface area contributed by atoms with E-state index in [9.17, 15) is 13.2 Å². The van der Waals surface area contributed by atoms with Crippen molar-refractivity contribution in [1.82, 2.24) is 0 Å². The van der Waals surface area contributed by atoms with Gasteiger partial charge in [-0.25, -0.2) is 0 Å². The number of nitrogens with one attached hydrogen (secondary N) is 1. The summed E-state index contributed by atoms with van der Waals surface area (Å²) in [6.45, 7) is 0. The minimum absolute atomic E-state index is 0.104. The SMILES string of the molecule is N=C(N)Oc1cccc(C(F)(F)F)c1. The maximum atomic E-state index is 12.2. The molecule has 0 atom stereocenters. The zero-order valence-corrected chi connectivity index (χ0v) is 6.93. The molecule has 0 heterocycles. The number of hydrogen-bond acceptors (Lipinski definition) is 2. The normalized spacial score (nSPS) is 11.1. The van der Waals surface area contributed by atoms with Gasteiger partial charge in [-0.3, -0.25) is 5.41 Å². The summed E-state index contributed by atoms with van der Waals surface area (Å²) in [5.41, 5.74) is 4.03. The molecule has 0 aliphatic heterocycles. The molecule has 3 N–H and O–H groups in total. The summed E-state index contributed by atoms with van der Waals surface area (Å²) in [6, 6.07) is 3.51. The van der Waals surface area contributed by atoms with Gasteiger partial charge in [0.05, 0.1) is 5.56 Å². The molecule has 1 aromatic carbocycles. The Morgan fingerprint density at radius 3 is 2.50 bits per heavy atom. The second-order valence-electron chi connectivity index (χ2n) is 2.49. The van der Waals surface area contributed by atoms with Crippen molar-refractivity contribution in [2.45, 2.75) is 6.18 Å². The van der Waals surface area contributed by atoms with Crippen LogP contribution in [0, 0.1) is 5.41 Å². The summed E-state index contributed by atoms with van der Waals surface area (Å²) < 4.78 is 41.0. The standard InChI is InChI=1S/C8H7F3N2O/c9-8(10,11)5-2-1-3-6(4-5)14-7(12)13/h1-4H,(H3,12,13). The summed E-state index contributed by atoms with van der Waals surface area (Å²) >= 11 is 0. The largest absolute Gasteiger partial charge is 0.426 e.